The number of hydrogen-bond acceptors (Lipinski definition) is 6. The number of hydrogen-bond donors (Lipinski definition) is 2. The van der Waals surface area contributed by atoms with Crippen molar-refractivity contribution in [3.8, 4) is 0 Å². The Labute approximate surface area is 315 Å². The molecule has 1 amide bonds. The fraction of sp³-hybridized carbons (Fsp3) is 0.881. The zero-order chi connectivity index (χ0) is 37.9. The van der Waals surface area contributed by atoms with Gasteiger partial charge in [-0.3, -0.25) is 9.36 Å². The molecule has 0 aromatic carbocycles. The first-order chi connectivity index (χ1) is 24.5. The molecule has 0 radical (unpaired) electrons. The van der Waals surface area contributed by atoms with Gasteiger partial charge >= 0.3 is 0 Å². The molecule has 0 spiro atoms. The number of amides is 1. The molecular weight excluding hydrogens is 659 g/mol. The third-order valence-corrected chi connectivity index (χ3v) is 10.4. The number of unbranched alkanes of at least 4 members (excludes halogenated alkanes) is 23. The summed E-state index contributed by atoms with van der Waals surface area (Å²) in [6, 6.07) is -0.896. The van der Waals surface area contributed by atoms with Crippen LogP contribution >= 0.6 is 7.82 Å². The molecule has 0 fully saturated rings. The first-order valence-corrected chi connectivity index (χ1v) is 22.7. The van der Waals surface area contributed by atoms with Crippen molar-refractivity contribution in [2.45, 2.75) is 199 Å². The number of aliphatic hydroxyl groups excluding tert-OH is 1. The highest BCUT2D eigenvalue weighted by Crippen LogP contribution is 2.38. The molecule has 0 saturated heterocycles. The second-order valence-corrected chi connectivity index (χ2v) is 17.1. The number of nitrogens with zero attached hydrogens (tertiary/aromatic N) is 1. The molecule has 0 saturated carbocycles. The van der Waals surface area contributed by atoms with Crippen molar-refractivity contribution in [2.75, 3.05) is 40.9 Å². The number of carbonyl (C=O) groups is 1. The van der Waals surface area contributed by atoms with Gasteiger partial charge in [-0.15, -0.1) is 0 Å². The first kappa shape index (κ1) is 50.0. The molecule has 0 aliphatic heterocycles. The average molecular weight is 743 g/mol. The van der Waals surface area contributed by atoms with Crippen LogP contribution in [0.1, 0.15) is 187 Å². The second-order valence-electron chi connectivity index (χ2n) is 15.7. The Morgan fingerprint density at radius 1 is 0.667 bits per heavy atom. The van der Waals surface area contributed by atoms with Gasteiger partial charge in [0.1, 0.15) is 13.2 Å². The summed E-state index contributed by atoms with van der Waals surface area (Å²) in [6.07, 6.45) is 39.5. The molecule has 2 N–H and O–H groups in total. The minimum Gasteiger partial charge on any atom is -0.756 e. The number of allylic oxidation sites excluding steroid dienone is 3. The third-order valence-electron chi connectivity index (χ3n) is 9.41. The Morgan fingerprint density at radius 3 is 1.59 bits per heavy atom. The summed E-state index contributed by atoms with van der Waals surface area (Å²) in [5.74, 6) is -0.208. The van der Waals surface area contributed by atoms with Gasteiger partial charge in [0, 0.05) is 6.42 Å². The van der Waals surface area contributed by atoms with E-state index in [1.54, 1.807) is 6.08 Å². The van der Waals surface area contributed by atoms with Gasteiger partial charge in [-0.2, -0.15) is 0 Å². The average Bonchev–Trinajstić information content (AvgIpc) is 3.07. The molecule has 0 aliphatic rings. The minimum atomic E-state index is -4.58. The highest BCUT2D eigenvalue weighted by atomic mass is 31.2. The fourth-order valence-corrected chi connectivity index (χ4v) is 6.71. The lowest BCUT2D eigenvalue weighted by Gasteiger charge is -2.29. The maximum absolute atomic E-state index is 12.8. The predicted octanol–water partition coefficient (Wildman–Crippen LogP) is 10.7. The standard InChI is InChI=1S/C42H83N2O6P/c1-6-8-10-12-14-16-18-19-20-21-22-23-24-25-26-28-30-32-34-36-42(46)43-40(39-50-51(47,48)49-38-37-44(3,4)5)41(45)35-33-31-29-27-17-15-13-11-9-7-2/h17,27,33,35,40-41,45H,6-16,18-26,28-32,34,36-39H2,1-5H3,(H-,43,46,47,48)/b27-17+,35-33+/t40-,41+/m0/s1. The lowest BCUT2D eigenvalue weighted by atomic mass is 10.0. The van der Waals surface area contributed by atoms with Crippen LogP contribution in [0.15, 0.2) is 24.3 Å². The normalized spacial score (nSPS) is 14.7. The number of aliphatic hydroxyl groups is 1. The van der Waals surface area contributed by atoms with Crippen molar-refractivity contribution >= 4 is 13.7 Å². The van der Waals surface area contributed by atoms with E-state index in [-0.39, 0.29) is 19.1 Å². The van der Waals surface area contributed by atoms with E-state index in [0.29, 0.717) is 17.4 Å². The summed E-state index contributed by atoms with van der Waals surface area (Å²) >= 11 is 0. The van der Waals surface area contributed by atoms with Gasteiger partial charge in [-0.1, -0.05) is 173 Å². The van der Waals surface area contributed by atoms with E-state index in [1.807, 2.05) is 27.2 Å². The molecular formula is C42H83N2O6P. The lowest BCUT2D eigenvalue weighted by molar-refractivity contribution is -0.870. The van der Waals surface area contributed by atoms with Crippen molar-refractivity contribution in [3.63, 3.8) is 0 Å². The van der Waals surface area contributed by atoms with E-state index >= 15 is 0 Å². The van der Waals surface area contributed by atoms with Gasteiger partial charge in [-0.25, -0.2) is 0 Å². The summed E-state index contributed by atoms with van der Waals surface area (Å²) in [7, 11) is 1.25. The van der Waals surface area contributed by atoms with Crippen molar-refractivity contribution in [3.05, 3.63) is 24.3 Å². The maximum Gasteiger partial charge on any atom is 0.268 e. The molecule has 9 heteroatoms. The number of carbonyl (C=O) groups excluding carboxylic acids is 1. The first-order valence-electron chi connectivity index (χ1n) is 21.2. The summed E-state index contributed by atoms with van der Waals surface area (Å²) in [4.78, 5) is 25.2. The van der Waals surface area contributed by atoms with Gasteiger partial charge < -0.3 is 28.8 Å². The molecule has 0 heterocycles. The Balaban J connectivity index is 4.34. The molecule has 51 heavy (non-hydrogen) atoms. The van der Waals surface area contributed by atoms with Crippen LogP contribution in [-0.4, -0.2) is 68.5 Å². The van der Waals surface area contributed by atoms with E-state index in [2.05, 4.69) is 31.3 Å². The number of phosphoric ester groups is 1. The maximum atomic E-state index is 12.8. The second kappa shape index (κ2) is 34.7. The quantitative estimate of drug-likeness (QED) is 0.0282. The molecule has 0 aliphatic carbocycles. The van der Waals surface area contributed by atoms with E-state index in [0.717, 1.165) is 38.5 Å². The number of quaternary nitrogens is 1. The molecule has 0 aromatic rings. The Kier molecular flexibility index (Phi) is 34.0. The van der Waals surface area contributed by atoms with Crippen molar-refractivity contribution < 1.29 is 32.9 Å². The molecule has 0 aromatic heterocycles. The van der Waals surface area contributed by atoms with Crippen molar-refractivity contribution in [1.82, 2.24) is 5.32 Å². The Hall–Kier alpha value is -1.02. The van der Waals surface area contributed by atoms with Gasteiger partial charge in [0.15, 0.2) is 0 Å². The van der Waals surface area contributed by atoms with Crippen LogP contribution in [0, 0.1) is 0 Å². The summed E-state index contributed by atoms with van der Waals surface area (Å²) in [5, 5.41) is 13.7. The fourth-order valence-electron chi connectivity index (χ4n) is 5.99. The number of likely N-dealkylation sites (N-methyl/N-ethyl adjacent to an activating group) is 1. The number of nitrogens with one attached hydrogen (secondary N) is 1. The molecule has 302 valence electrons. The molecule has 1 unspecified atom stereocenters. The third kappa shape index (κ3) is 37.1. The number of phosphoric acid groups is 1. The monoisotopic (exact) mass is 743 g/mol. The van der Waals surface area contributed by atoms with Gasteiger partial charge in [0.25, 0.3) is 7.82 Å². The molecule has 8 nitrogen and oxygen atoms in total. The Morgan fingerprint density at radius 2 is 1.10 bits per heavy atom. The predicted molar refractivity (Wildman–Crippen MR) is 215 cm³/mol. The van der Waals surface area contributed by atoms with Gasteiger partial charge in [0.2, 0.25) is 5.91 Å². The molecule has 0 bridgehead atoms. The summed E-state index contributed by atoms with van der Waals surface area (Å²) in [5.41, 5.74) is 0. The minimum absolute atomic E-state index is 0.00468. The van der Waals surface area contributed by atoms with Crippen molar-refractivity contribution in [2.24, 2.45) is 0 Å². The van der Waals surface area contributed by atoms with E-state index in [9.17, 15) is 19.4 Å². The largest absolute Gasteiger partial charge is 0.756 e. The highest BCUT2D eigenvalue weighted by Gasteiger charge is 2.23. The van der Waals surface area contributed by atoms with Gasteiger partial charge in [-0.05, 0) is 32.1 Å². The van der Waals surface area contributed by atoms with Crippen molar-refractivity contribution in [1.29, 1.82) is 0 Å². The topological polar surface area (TPSA) is 108 Å². The summed E-state index contributed by atoms with van der Waals surface area (Å²) in [6.45, 7) is 4.59. The zero-order valence-corrected chi connectivity index (χ0v) is 35.0. The van der Waals surface area contributed by atoms with E-state index in [4.69, 9.17) is 9.05 Å². The van der Waals surface area contributed by atoms with Crippen LogP contribution in [-0.2, 0) is 18.4 Å². The summed E-state index contributed by atoms with van der Waals surface area (Å²) < 4.78 is 23.1. The SMILES string of the molecule is CCCCCC/C=C/CC/C=C/[C@@H](O)[C@H](COP(=O)([O-])OCC[N+](C)(C)C)NC(=O)CCCCCCCCCCCCCCCCCCCCC. The number of rotatable bonds is 38. The smallest absolute Gasteiger partial charge is 0.268 e. The van der Waals surface area contributed by atoms with E-state index in [1.165, 1.54) is 128 Å². The zero-order valence-electron chi connectivity index (χ0n) is 34.1. The van der Waals surface area contributed by atoms with Crippen LogP contribution in [0.4, 0.5) is 0 Å². The van der Waals surface area contributed by atoms with Crippen LogP contribution < -0.4 is 10.2 Å². The Bertz CT molecular complexity index is 891. The van der Waals surface area contributed by atoms with Crippen LogP contribution in [0.25, 0.3) is 0 Å². The van der Waals surface area contributed by atoms with E-state index < -0.39 is 20.0 Å². The van der Waals surface area contributed by atoms with Crippen LogP contribution in [0.2, 0.25) is 0 Å². The lowest BCUT2D eigenvalue weighted by Crippen LogP contribution is -2.45. The van der Waals surface area contributed by atoms with Gasteiger partial charge in [0.05, 0.1) is 39.9 Å². The highest BCUT2D eigenvalue weighted by molar-refractivity contribution is 7.45. The van der Waals surface area contributed by atoms with Crippen LogP contribution in [0.5, 0.6) is 0 Å². The molecule has 3 atom stereocenters. The molecule has 0 rings (SSSR count). The van der Waals surface area contributed by atoms with Crippen LogP contribution in [0.3, 0.4) is 0 Å².